The van der Waals surface area contributed by atoms with Crippen LogP contribution in [-0.4, -0.2) is 23.9 Å². The second-order valence-corrected chi connectivity index (χ2v) is 7.58. The maximum atomic E-state index is 12.6. The van der Waals surface area contributed by atoms with E-state index in [1.165, 1.54) is 25.1 Å². The van der Waals surface area contributed by atoms with Gasteiger partial charge in [-0.3, -0.25) is 4.79 Å². The van der Waals surface area contributed by atoms with Crippen LogP contribution in [0.2, 0.25) is 0 Å². The molecule has 2 aromatic heterocycles. The lowest BCUT2D eigenvalue weighted by Gasteiger charge is -2.27. The molecule has 3 aromatic rings. The van der Waals surface area contributed by atoms with Crippen LogP contribution in [0.25, 0.3) is 19.5 Å². The lowest BCUT2D eigenvalue weighted by molar-refractivity contribution is 0.0749. The lowest BCUT2D eigenvalue weighted by atomic mass is 10.1. The summed E-state index contributed by atoms with van der Waals surface area (Å²) in [5.41, 5.74) is 1.26. The number of fused-ring (bicyclic) bond motifs is 3. The van der Waals surface area contributed by atoms with E-state index in [1.54, 1.807) is 22.7 Å². The van der Waals surface area contributed by atoms with Crippen molar-refractivity contribution in [2.24, 2.45) is 0 Å². The monoisotopic (exact) mass is 313 g/mol. The van der Waals surface area contributed by atoms with Gasteiger partial charge in [0, 0.05) is 27.9 Å². The molecule has 21 heavy (non-hydrogen) atoms. The Labute approximate surface area is 131 Å². The summed E-state index contributed by atoms with van der Waals surface area (Å²) in [6.45, 7) is 5.63. The van der Waals surface area contributed by atoms with Gasteiger partial charge in [0.2, 0.25) is 0 Å². The Morgan fingerprint density at radius 1 is 1.10 bits per heavy atom. The zero-order valence-corrected chi connectivity index (χ0v) is 13.2. The number of thiophene rings is 2. The first-order valence-corrected chi connectivity index (χ1v) is 8.73. The molecule has 2 nitrogen and oxygen atoms in total. The van der Waals surface area contributed by atoms with Crippen LogP contribution in [0.3, 0.4) is 0 Å². The number of rotatable bonds is 1. The first-order chi connectivity index (χ1) is 10.2. The number of piperidine rings is 1. The van der Waals surface area contributed by atoms with E-state index in [1.807, 2.05) is 4.90 Å². The van der Waals surface area contributed by atoms with Crippen LogP contribution in [0.15, 0.2) is 42.5 Å². The Balaban J connectivity index is 1.70. The quantitative estimate of drug-likeness (QED) is 0.585. The first kappa shape index (κ1) is 13.0. The standard InChI is InChI=1S/C17H15NOS2/c1-11-6-8-18(9-7-11)17(19)15-10-14-16(21-15)12-4-2-3-5-13(12)20-14/h2-5,10H,1,6-9H2. The summed E-state index contributed by atoms with van der Waals surface area (Å²) in [7, 11) is 0. The van der Waals surface area contributed by atoms with Crippen LogP contribution in [0.4, 0.5) is 0 Å². The van der Waals surface area contributed by atoms with Crippen molar-refractivity contribution in [1.29, 1.82) is 0 Å². The largest absolute Gasteiger partial charge is 0.337 e. The first-order valence-electron chi connectivity index (χ1n) is 7.09. The molecule has 106 valence electrons. The summed E-state index contributed by atoms with van der Waals surface area (Å²) in [5, 5.41) is 1.27. The highest BCUT2D eigenvalue weighted by atomic mass is 32.1. The van der Waals surface area contributed by atoms with Crippen LogP contribution in [0.5, 0.6) is 0 Å². The summed E-state index contributed by atoms with van der Waals surface area (Å²) in [6, 6.07) is 10.5. The molecule has 1 amide bonds. The van der Waals surface area contributed by atoms with Crippen LogP contribution in [0, 0.1) is 0 Å². The van der Waals surface area contributed by atoms with Crippen LogP contribution in [-0.2, 0) is 0 Å². The summed E-state index contributed by atoms with van der Waals surface area (Å²) in [6.07, 6.45) is 1.88. The van der Waals surface area contributed by atoms with E-state index in [2.05, 4.69) is 36.9 Å². The van der Waals surface area contributed by atoms with Crippen LogP contribution < -0.4 is 0 Å². The highest BCUT2D eigenvalue weighted by Crippen LogP contribution is 2.39. The molecule has 1 saturated heterocycles. The zero-order chi connectivity index (χ0) is 14.4. The predicted molar refractivity (Wildman–Crippen MR) is 91.5 cm³/mol. The van der Waals surface area contributed by atoms with Gasteiger partial charge in [-0.2, -0.15) is 0 Å². The Bertz CT molecular complexity index is 848. The van der Waals surface area contributed by atoms with Gasteiger partial charge in [0.05, 0.1) is 9.58 Å². The minimum Gasteiger partial charge on any atom is -0.337 e. The molecule has 0 saturated carbocycles. The Morgan fingerprint density at radius 2 is 1.86 bits per heavy atom. The van der Waals surface area contributed by atoms with Crippen molar-refractivity contribution in [1.82, 2.24) is 4.90 Å². The van der Waals surface area contributed by atoms with Gasteiger partial charge < -0.3 is 4.90 Å². The number of hydrogen-bond acceptors (Lipinski definition) is 3. The van der Waals surface area contributed by atoms with Gasteiger partial charge in [0.25, 0.3) is 5.91 Å². The van der Waals surface area contributed by atoms with Gasteiger partial charge >= 0.3 is 0 Å². The second kappa shape index (κ2) is 4.97. The Hall–Kier alpha value is -1.65. The molecule has 4 rings (SSSR count). The molecule has 1 aliphatic heterocycles. The fourth-order valence-electron chi connectivity index (χ4n) is 2.79. The average Bonchev–Trinajstić information content (AvgIpc) is 3.05. The Morgan fingerprint density at radius 3 is 2.67 bits per heavy atom. The van der Waals surface area contributed by atoms with Gasteiger partial charge in [-0.1, -0.05) is 30.4 Å². The smallest absolute Gasteiger partial charge is 0.264 e. The maximum absolute atomic E-state index is 12.6. The third-order valence-electron chi connectivity index (χ3n) is 4.02. The Kier molecular flexibility index (Phi) is 3.08. The molecule has 1 aromatic carbocycles. The number of carbonyl (C=O) groups is 1. The fraction of sp³-hybridized carbons (Fsp3) is 0.235. The molecule has 0 radical (unpaired) electrons. The zero-order valence-electron chi connectivity index (χ0n) is 11.6. The highest BCUT2D eigenvalue weighted by molar-refractivity contribution is 7.33. The summed E-state index contributed by atoms with van der Waals surface area (Å²) in [5.74, 6) is 0.181. The highest BCUT2D eigenvalue weighted by Gasteiger charge is 2.22. The van der Waals surface area contributed by atoms with Crippen molar-refractivity contribution in [3.8, 4) is 0 Å². The van der Waals surface area contributed by atoms with Crippen molar-refractivity contribution in [2.45, 2.75) is 12.8 Å². The molecule has 0 bridgehead atoms. The van der Waals surface area contributed by atoms with Crippen LogP contribution >= 0.6 is 22.7 Å². The van der Waals surface area contributed by atoms with E-state index in [0.29, 0.717) is 0 Å². The molecule has 1 aliphatic rings. The van der Waals surface area contributed by atoms with Crippen molar-refractivity contribution in [3.63, 3.8) is 0 Å². The SMILES string of the molecule is C=C1CCN(C(=O)c2cc3sc4ccccc4c3s2)CC1. The predicted octanol–water partition coefficient (Wildman–Crippen LogP) is 4.91. The number of likely N-dealkylation sites (tertiary alicyclic amines) is 1. The van der Waals surface area contributed by atoms with E-state index >= 15 is 0 Å². The van der Waals surface area contributed by atoms with Crippen molar-refractivity contribution >= 4 is 48.1 Å². The molecular formula is C17H15NOS2. The molecular weight excluding hydrogens is 298 g/mol. The van der Waals surface area contributed by atoms with Crippen molar-refractivity contribution in [2.75, 3.05) is 13.1 Å². The molecule has 0 spiro atoms. The summed E-state index contributed by atoms with van der Waals surface area (Å²) < 4.78 is 3.78. The molecule has 0 aliphatic carbocycles. The number of benzene rings is 1. The third-order valence-corrected chi connectivity index (χ3v) is 6.42. The second-order valence-electron chi connectivity index (χ2n) is 5.44. The van der Waals surface area contributed by atoms with E-state index in [0.717, 1.165) is 30.8 Å². The molecule has 4 heteroatoms. The summed E-state index contributed by atoms with van der Waals surface area (Å²) >= 11 is 3.41. The molecule has 3 heterocycles. The number of carbonyl (C=O) groups excluding carboxylic acids is 1. The fourth-order valence-corrected chi connectivity index (χ4v) is 5.28. The normalized spacial score (nSPS) is 16.0. The summed E-state index contributed by atoms with van der Waals surface area (Å²) in [4.78, 5) is 15.5. The van der Waals surface area contributed by atoms with Crippen molar-refractivity contribution in [3.05, 3.63) is 47.4 Å². The maximum Gasteiger partial charge on any atom is 0.264 e. The van der Waals surface area contributed by atoms with Crippen molar-refractivity contribution < 1.29 is 4.79 Å². The number of nitrogens with zero attached hydrogens (tertiary/aromatic N) is 1. The molecule has 0 N–H and O–H groups in total. The van der Waals surface area contributed by atoms with Gasteiger partial charge in [0.15, 0.2) is 0 Å². The minimum atomic E-state index is 0.181. The average molecular weight is 313 g/mol. The molecule has 0 unspecified atom stereocenters. The van der Waals surface area contributed by atoms with E-state index < -0.39 is 0 Å². The van der Waals surface area contributed by atoms with Gasteiger partial charge in [-0.15, -0.1) is 22.7 Å². The van der Waals surface area contributed by atoms with Gasteiger partial charge in [-0.05, 0) is 25.0 Å². The third kappa shape index (κ3) is 2.19. The van der Waals surface area contributed by atoms with Gasteiger partial charge in [-0.25, -0.2) is 0 Å². The molecule has 1 fully saturated rings. The number of hydrogen-bond donors (Lipinski definition) is 0. The molecule has 0 atom stereocenters. The minimum absolute atomic E-state index is 0.181. The van der Waals surface area contributed by atoms with E-state index in [4.69, 9.17) is 0 Å². The topological polar surface area (TPSA) is 20.3 Å². The lowest BCUT2D eigenvalue weighted by Crippen LogP contribution is -2.35. The van der Waals surface area contributed by atoms with Gasteiger partial charge in [0.1, 0.15) is 0 Å². The number of amides is 1. The van der Waals surface area contributed by atoms with Crippen LogP contribution in [0.1, 0.15) is 22.5 Å². The van der Waals surface area contributed by atoms with E-state index in [9.17, 15) is 4.79 Å². The van der Waals surface area contributed by atoms with E-state index in [-0.39, 0.29) is 5.91 Å².